The minimum atomic E-state index is 0.0938. The van der Waals surface area contributed by atoms with Crippen molar-refractivity contribution in [3.05, 3.63) is 0 Å². The van der Waals surface area contributed by atoms with Crippen molar-refractivity contribution in [3.8, 4) is 0 Å². The van der Waals surface area contributed by atoms with Gasteiger partial charge in [-0.1, -0.05) is 20.8 Å². The van der Waals surface area contributed by atoms with Crippen molar-refractivity contribution in [3.63, 3.8) is 0 Å². The largest absolute Gasteiger partial charge is 0.340 e. The van der Waals surface area contributed by atoms with Gasteiger partial charge in [0.2, 0.25) is 0 Å². The maximum absolute atomic E-state index is 12.2. The van der Waals surface area contributed by atoms with Crippen LogP contribution in [0.5, 0.6) is 0 Å². The molecule has 0 saturated carbocycles. The molecule has 96 valence electrons. The van der Waals surface area contributed by atoms with Gasteiger partial charge in [0.1, 0.15) is 0 Å². The number of piperidine rings is 1. The van der Waals surface area contributed by atoms with Gasteiger partial charge in [-0.2, -0.15) is 5.10 Å². The van der Waals surface area contributed by atoms with Crippen LogP contribution in [0.25, 0.3) is 0 Å². The van der Waals surface area contributed by atoms with Crippen molar-refractivity contribution >= 4 is 12.2 Å². The van der Waals surface area contributed by atoms with E-state index >= 15 is 0 Å². The third-order valence-corrected chi connectivity index (χ3v) is 4.06. The van der Waals surface area contributed by atoms with Crippen molar-refractivity contribution in [2.75, 3.05) is 19.6 Å². The Bertz CT molecular complexity index is 314. The molecule has 1 fully saturated rings. The highest BCUT2D eigenvalue weighted by Crippen LogP contribution is 2.29. The van der Waals surface area contributed by atoms with Crippen LogP contribution in [0.15, 0.2) is 5.10 Å². The predicted octanol–water partition coefficient (Wildman–Crippen LogP) is 2.41. The molecule has 0 unspecified atom stereocenters. The first-order chi connectivity index (χ1) is 8.09. The quantitative estimate of drug-likeness (QED) is 0.690. The second-order valence-electron chi connectivity index (χ2n) is 5.61. The summed E-state index contributed by atoms with van der Waals surface area (Å²) in [6.45, 7) is 9.34. The fraction of sp³-hybridized carbons (Fsp3) is 0.846. The molecule has 2 aliphatic rings. The van der Waals surface area contributed by atoms with Crippen molar-refractivity contribution < 1.29 is 4.79 Å². The smallest absolute Gasteiger partial charge is 0.323 e. The average molecular weight is 237 g/mol. The molecule has 4 heteroatoms. The van der Waals surface area contributed by atoms with Gasteiger partial charge >= 0.3 is 6.03 Å². The first-order valence-electron chi connectivity index (χ1n) is 6.68. The van der Waals surface area contributed by atoms with Crippen LogP contribution in [0.3, 0.4) is 0 Å². The monoisotopic (exact) mass is 237 g/mol. The molecule has 0 aromatic carbocycles. The SMILES string of the molecule is CC(C)[C@H]1CN(C(=O)N2CCC=N2)CC[C@H]1C. The average Bonchev–Trinajstić information content (AvgIpc) is 2.81. The molecular weight excluding hydrogens is 214 g/mol. The Morgan fingerprint density at radius 1 is 1.41 bits per heavy atom. The lowest BCUT2D eigenvalue weighted by atomic mass is 9.80. The molecule has 0 aliphatic carbocycles. The Balaban J connectivity index is 1.97. The fourth-order valence-electron chi connectivity index (χ4n) is 2.84. The Kier molecular flexibility index (Phi) is 3.69. The minimum Gasteiger partial charge on any atom is -0.323 e. The highest BCUT2D eigenvalue weighted by molar-refractivity contribution is 5.77. The number of carbonyl (C=O) groups is 1. The number of hydrogen-bond acceptors (Lipinski definition) is 2. The van der Waals surface area contributed by atoms with E-state index in [0.717, 1.165) is 38.4 Å². The second-order valence-corrected chi connectivity index (χ2v) is 5.61. The summed E-state index contributed by atoms with van der Waals surface area (Å²) in [7, 11) is 0. The lowest BCUT2D eigenvalue weighted by Crippen LogP contribution is -2.48. The lowest BCUT2D eigenvalue weighted by Gasteiger charge is -2.39. The van der Waals surface area contributed by atoms with Gasteiger partial charge in [-0.15, -0.1) is 0 Å². The molecule has 0 aromatic rings. The van der Waals surface area contributed by atoms with Gasteiger partial charge in [0.05, 0.1) is 6.54 Å². The topological polar surface area (TPSA) is 35.9 Å². The summed E-state index contributed by atoms with van der Waals surface area (Å²) in [4.78, 5) is 14.2. The Labute approximate surface area is 104 Å². The number of hydrogen-bond donors (Lipinski definition) is 0. The number of likely N-dealkylation sites (tertiary alicyclic amines) is 1. The van der Waals surface area contributed by atoms with Gasteiger partial charge < -0.3 is 4.90 Å². The van der Waals surface area contributed by atoms with E-state index in [1.807, 2.05) is 11.1 Å². The van der Waals surface area contributed by atoms with Crippen LogP contribution >= 0.6 is 0 Å². The van der Waals surface area contributed by atoms with Crippen molar-refractivity contribution in [1.29, 1.82) is 0 Å². The molecule has 2 atom stereocenters. The number of nitrogens with zero attached hydrogens (tertiary/aromatic N) is 3. The zero-order chi connectivity index (χ0) is 12.4. The van der Waals surface area contributed by atoms with Crippen LogP contribution in [-0.4, -0.2) is 41.8 Å². The molecule has 2 aliphatic heterocycles. The van der Waals surface area contributed by atoms with Crippen LogP contribution in [0.4, 0.5) is 4.79 Å². The van der Waals surface area contributed by atoms with E-state index in [0.29, 0.717) is 11.8 Å². The van der Waals surface area contributed by atoms with Crippen LogP contribution in [0.1, 0.15) is 33.6 Å². The van der Waals surface area contributed by atoms with Gasteiger partial charge in [-0.25, -0.2) is 9.80 Å². The van der Waals surface area contributed by atoms with Gasteiger partial charge in [0.15, 0.2) is 0 Å². The summed E-state index contributed by atoms with van der Waals surface area (Å²) in [5.74, 6) is 1.99. The number of amides is 2. The summed E-state index contributed by atoms with van der Waals surface area (Å²) in [6, 6.07) is 0.0938. The van der Waals surface area contributed by atoms with Gasteiger partial charge in [0, 0.05) is 25.7 Å². The van der Waals surface area contributed by atoms with Gasteiger partial charge in [0.25, 0.3) is 0 Å². The molecule has 2 rings (SSSR count). The highest BCUT2D eigenvalue weighted by Gasteiger charge is 2.32. The predicted molar refractivity (Wildman–Crippen MR) is 68.9 cm³/mol. The number of carbonyl (C=O) groups excluding carboxylic acids is 1. The summed E-state index contributed by atoms with van der Waals surface area (Å²) in [5.41, 5.74) is 0. The van der Waals surface area contributed by atoms with Gasteiger partial charge in [-0.3, -0.25) is 0 Å². The first kappa shape index (κ1) is 12.4. The van der Waals surface area contributed by atoms with Crippen LogP contribution in [0, 0.1) is 17.8 Å². The van der Waals surface area contributed by atoms with Crippen molar-refractivity contribution in [2.45, 2.75) is 33.6 Å². The second kappa shape index (κ2) is 5.07. The lowest BCUT2D eigenvalue weighted by molar-refractivity contribution is 0.0938. The van der Waals surface area contributed by atoms with E-state index < -0.39 is 0 Å². The normalized spacial score (nSPS) is 29.2. The van der Waals surface area contributed by atoms with Crippen LogP contribution < -0.4 is 0 Å². The first-order valence-corrected chi connectivity index (χ1v) is 6.68. The third-order valence-electron chi connectivity index (χ3n) is 4.06. The molecule has 0 spiro atoms. The molecule has 17 heavy (non-hydrogen) atoms. The summed E-state index contributed by atoms with van der Waals surface area (Å²) >= 11 is 0. The number of hydrazone groups is 1. The van der Waals surface area contributed by atoms with Crippen LogP contribution in [-0.2, 0) is 0 Å². The summed E-state index contributed by atoms with van der Waals surface area (Å²) in [6.07, 6.45) is 3.83. The van der Waals surface area contributed by atoms with Crippen molar-refractivity contribution in [1.82, 2.24) is 9.91 Å². The molecule has 4 nitrogen and oxygen atoms in total. The zero-order valence-corrected chi connectivity index (χ0v) is 11.1. The minimum absolute atomic E-state index is 0.0938. The molecule has 0 aromatic heterocycles. The highest BCUT2D eigenvalue weighted by atomic mass is 16.2. The van der Waals surface area contributed by atoms with E-state index in [9.17, 15) is 4.79 Å². The molecule has 2 heterocycles. The summed E-state index contributed by atoms with van der Waals surface area (Å²) < 4.78 is 0. The maximum atomic E-state index is 12.2. The summed E-state index contributed by atoms with van der Waals surface area (Å²) in [5, 5.41) is 5.72. The van der Waals surface area contributed by atoms with Crippen LogP contribution in [0.2, 0.25) is 0 Å². The van der Waals surface area contributed by atoms with Gasteiger partial charge in [-0.05, 0) is 24.2 Å². The zero-order valence-electron chi connectivity index (χ0n) is 11.1. The molecule has 0 bridgehead atoms. The maximum Gasteiger partial charge on any atom is 0.340 e. The Morgan fingerprint density at radius 3 is 2.76 bits per heavy atom. The molecule has 1 saturated heterocycles. The third kappa shape index (κ3) is 2.61. The Morgan fingerprint density at radius 2 is 2.18 bits per heavy atom. The standard InChI is InChI=1S/C13H23N3O/c1-10(2)12-9-15(8-5-11(12)3)13(17)16-7-4-6-14-16/h6,10-12H,4-5,7-9H2,1-3H3/t11-,12-/m1/s1. The Hall–Kier alpha value is -1.06. The fourth-order valence-corrected chi connectivity index (χ4v) is 2.84. The molecule has 0 radical (unpaired) electrons. The van der Waals surface area contributed by atoms with E-state index in [2.05, 4.69) is 25.9 Å². The number of urea groups is 1. The van der Waals surface area contributed by atoms with Crippen molar-refractivity contribution in [2.24, 2.45) is 22.9 Å². The van der Waals surface area contributed by atoms with E-state index in [4.69, 9.17) is 0 Å². The molecular formula is C13H23N3O. The number of rotatable bonds is 1. The van der Waals surface area contributed by atoms with E-state index in [1.54, 1.807) is 5.01 Å². The van der Waals surface area contributed by atoms with E-state index in [-0.39, 0.29) is 6.03 Å². The molecule has 2 amide bonds. The van der Waals surface area contributed by atoms with E-state index in [1.165, 1.54) is 0 Å². The molecule has 0 N–H and O–H groups in total.